The van der Waals surface area contributed by atoms with Crippen LogP contribution in [0.5, 0.6) is 0 Å². The molecule has 1 heterocycles. The Morgan fingerprint density at radius 1 is 1.28 bits per heavy atom. The maximum absolute atomic E-state index is 5.57. The smallest absolute Gasteiger partial charge is 0.0724 e. The van der Waals surface area contributed by atoms with Gasteiger partial charge in [-0.2, -0.15) is 0 Å². The Morgan fingerprint density at radius 2 is 2.22 bits per heavy atom. The van der Waals surface area contributed by atoms with Crippen LogP contribution in [0.4, 0.5) is 0 Å². The summed E-state index contributed by atoms with van der Waals surface area (Å²) in [6, 6.07) is 5.21. The van der Waals surface area contributed by atoms with Gasteiger partial charge in [0.15, 0.2) is 0 Å². The van der Waals surface area contributed by atoms with Gasteiger partial charge in [0.25, 0.3) is 0 Å². The third-order valence-corrected chi connectivity index (χ3v) is 4.37. The Kier molecular flexibility index (Phi) is 3.62. The highest BCUT2D eigenvalue weighted by atomic mass is 16.5. The number of aromatic nitrogens is 1. The van der Waals surface area contributed by atoms with Crippen molar-refractivity contribution in [1.82, 2.24) is 10.3 Å². The van der Waals surface area contributed by atoms with Crippen molar-refractivity contribution in [2.75, 3.05) is 7.11 Å². The number of aryl methyl sites for hydroxylation is 1. The van der Waals surface area contributed by atoms with E-state index in [1.165, 1.54) is 49.8 Å². The molecule has 1 fully saturated rings. The lowest BCUT2D eigenvalue weighted by Gasteiger charge is -2.30. The SMILES string of the molecule is COC1CCCC1NC1CCCc2cccnc21. The summed E-state index contributed by atoms with van der Waals surface area (Å²) >= 11 is 0. The summed E-state index contributed by atoms with van der Waals surface area (Å²) < 4.78 is 5.57. The van der Waals surface area contributed by atoms with E-state index in [1.807, 2.05) is 13.3 Å². The van der Waals surface area contributed by atoms with Gasteiger partial charge in [-0.15, -0.1) is 0 Å². The molecule has 0 bridgehead atoms. The molecule has 0 aliphatic heterocycles. The van der Waals surface area contributed by atoms with Crippen molar-refractivity contribution < 1.29 is 4.74 Å². The largest absolute Gasteiger partial charge is 0.380 e. The van der Waals surface area contributed by atoms with Crippen molar-refractivity contribution in [3.05, 3.63) is 29.6 Å². The van der Waals surface area contributed by atoms with E-state index in [0.717, 1.165) is 0 Å². The van der Waals surface area contributed by atoms with Gasteiger partial charge in [-0.05, 0) is 50.2 Å². The molecule has 2 aliphatic carbocycles. The van der Waals surface area contributed by atoms with Crippen LogP contribution in [0.15, 0.2) is 18.3 Å². The third-order valence-electron chi connectivity index (χ3n) is 4.37. The maximum atomic E-state index is 5.57. The fraction of sp³-hybridized carbons (Fsp3) is 0.667. The molecule has 3 nitrogen and oxygen atoms in total. The van der Waals surface area contributed by atoms with E-state index in [9.17, 15) is 0 Å². The van der Waals surface area contributed by atoms with Crippen LogP contribution in [0.2, 0.25) is 0 Å². The van der Waals surface area contributed by atoms with Gasteiger partial charge in [0.2, 0.25) is 0 Å². The molecule has 2 aliphatic rings. The second-order valence-corrected chi connectivity index (χ2v) is 5.47. The fourth-order valence-corrected chi connectivity index (χ4v) is 3.43. The van der Waals surface area contributed by atoms with Gasteiger partial charge in [-0.3, -0.25) is 4.98 Å². The molecule has 0 saturated heterocycles. The highest BCUT2D eigenvalue weighted by Crippen LogP contribution is 2.31. The number of nitrogens with zero attached hydrogens (tertiary/aromatic N) is 1. The number of hydrogen-bond acceptors (Lipinski definition) is 3. The first-order valence-electron chi connectivity index (χ1n) is 7.11. The highest BCUT2D eigenvalue weighted by molar-refractivity contribution is 5.25. The minimum absolute atomic E-state index is 0.388. The van der Waals surface area contributed by atoms with E-state index in [4.69, 9.17) is 4.74 Å². The molecule has 3 unspecified atom stereocenters. The predicted octanol–water partition coefficient (Wildman–Crippen LogP) is 2.62. The molecular formula is C15H22N2O. The van der Waals surface area contributed by atoms with Gasteiger partial charge in [0, 0.05) is 19.3 Å². The van der Waals surface area contributed by atoms with E-state index in [0.29, 0.717) is 18.2 Å². The average molecular weight is 246 g/mol. The number of methoxy groups -OCH3 is 1. The molecule has 3 rings (SSSR count). The summed E-state index contributed by atoms with van der Waals surface area (Å²) in [5.41, 5.74) is 2.69. The van der Waals surface area contributed by atoms with E-state index in [-0.39, 0.29) is 0 Å². The minimum Gasteiger partial charge on any atom is -0.380 e. The van der Waals surface area contributed by atoms with Crippen molar-refractivity contribution in [2.24, 2.45) is 0 Å². The van der Waals surface area contributed by atoms with Crippen LogP contribution in [-0.4, -0.2) is 24.2 Å². The van der Waals surface area contributed by atoms with Crippen LogP contribution < -0.4 is 5.32 Å². The molecule has 1 aromatic rings. The quantitative estimate of drug-likeness (QED) is 0.890. The standard InChI is InChI=1S/C15H22N2O/c1-18-14-9-3-7-12(14)17-13-8-2-5-11-6-4-10-16-15(11)13/h4,6,10,12-14,17H,2-3,5,7-9H2,1H3. The van der Waals surface area contributed by atoms with Crippen LogP contribution in [0.25, 0.3) is 0 Å². The molecular weight excluding hydrogens is 224 g/mol. The van der Waals surface area contributed by atoms with E-state index in [2.05, 4.69) is 22.4 Å². The van der Waals surface area contributed by atoms with Crippen LogP contribution in [-0.2, 0) is 11.2 Å². The van der Waals surface area contributed by atoms with Gasteiger partial charge in [-0.25, -0.2) is 0 Å². The Hall–Kier alpha value is -0.930. The van der Waals surface area contributed by atoms with Crippen molar-refractivity contribution in [1.29, 1.82) is 0 Å². The highest BCUT2D eigenvalue weighted by Gasteiger charge is 2.31. The van der Waals surface area contributed by atoms with E-state index < -0.39 is 0 Å². The Morgan fingerprint density at radius 3 is 3.11 bits per heavy atom. The summed E-state index contributed by atoms with van der Waals surface area (Å²) in [4.78, 5) is 4.59. The number of pyridine rings is 1. The molecule has 3 atom stereocenters. The monoisotopic (exact) mass is 246 g/mol. The zero-order valence-corrected chi connectivity index (χ0v) is 11.1. The molecule has 3 heteroatoms. The number of hydrogen-bond donors (Lipinski definition) is 1. The summed E-state index contributed by atoms with van der Waals surface area (Å²) in [7, 11) is 1.83. The molecule has 18 heavy (non-hydrogen) atoms. The first kappa shape index (κ1) is 12.1. The number of rotatable bonds is 3. The van der Waals surface area contributed by atoms with Crippen molar-refractivity contribution in [3.8, 4) is 0 Å². The van der Waals surface area contributed by atoms with Crippen LogP contribution >= 0.6 is 0 Å². The zero-order chi connectivity index (χ0) is 12.4. The predicted molar refractivity (Wildman–Crippen MR) is 71.5 cm³/mol. The van der Waals surface area contributed by atoms with Crippen LogP contribution in [0, 0.1) is 0 Å². The number of ether oxygens (including phenoxy) is 1. The maximum Gasteiger partial charge on any atom is 0.0724 e. The molecule has 0 aromatic carbocycles. The second kappa shape index (κ2) is 5.37. The molecule has 0 spiro atoms. The Labute approximate surface area is 109 Å². The number of fused-ring (bicyclic) bond motifs is 1. The van der Waals surface area contributed by atoms with E-state index >= 15 is 0 Å². The van der Waals surface area contributed by atoms with E-state index in [1.54, 1.807) is 0 Å². The second-order valence-electron chi connectivity index (χ2n) is 5.47. The lowest BCUT2D eigenvalue weighted by molar-refractivity contribution is 0.0800. The molecule has 1 saturated carbocycles. The fourth-order valence-electron chi connectivity index (χ4n) is 3.43. The molecule has 0 amide bonds. The van der Waals surface area contributed by atoms with Gasteiger partial charge in [-0.1, -0.05) is 6.07 Å². The van der Waals surface area contributed by atoms with Crippen molar-refractivity contribution in [2.45, 2.75) is 56.7 Å². The summed E-state index contributed by atoms with van der Waals surface area (Å²) in [6.45, 7) is 0. The van der Waals surface area contributed by atoms with Gasteiger partial charge in [0.1, 0.15) is 0 Å². The van der Waals surface area contributed by atoms with Gasteiger partial charge >= 0.3 is 0 Å². The summed E-state index contributed by atoms with van der Waals surface area (Å²) in [5.74, 6) is 0. The number of nitrogens with one attached hydrogen (secondary N) is 1. The molecule has 1 N–H and O–H groups in total. The first-order chi connectivity index (χ1) is 8.88. The molecule has 98 valence electrons. The Balaban J connectivity index is 1.74. The summed E-state index contributed by atoms with van der Waals surface area (Å²) in [6.07, 6.45) is 9.66. The normalized spacial score (nSPS) is 31.3. The lowest BCUT2D eigenvalue weighted by atomic mass is 9.91. The topological polar surface area (TPSA) is 34.1 Å². The molecule has 1 aromatic heterocycles. The van der Waals surface area contributed by atoms with Crippen molar-refractivity contribution in [3.63, 3.8) is 0 Å². The van der Waals surface area contributed by atoms with Crippen LogP contribution in [0.3, 0.4) is 0 Å². The third kappa shape index (κ3) is 2.29. The average Bonchev–Trinajstić information content (AvgIpc) is 2.86. The Bertz CT molecular complexity index is 407. The lowest BCUT2D eigenvalue weighted by Crippen LogP contribution is -2.40. The first-order valence-corrected chi connectivity index (χ1v) is 7.11. The van der Waals surface area contributed by atoms with Gasteiger partial charge < -0.3 is 10.1 Å². The summed E-state index contributed by atoms with van der Waals surface area (Å²) in [5, 5.41) is 3.79. The van der Waals surface area contributed by atoms with Gasteiger partial charge in [0.05, 0.1) is 17.8 Å². The van der Waals surface area contributed by atoms with Crippen molar-refractivity contribution >= 4 is 0 Å². The van der Waals surface area contributed by atoms with Crippen LogP contribution in [0.1, 0.15) is 49.4 Å². The minimum atomic E-state index is 0.388. The zero-order valence-electron chi connectivity index (χ0n) is 11.1. The molecule has 0 radical (unpaired) electrons.